The van der Waals surface area contributed by atoms with Crippen LogP contribution in [0.1, 0.15) is 11.5 Å². The highest BCUT2D eigenvalue weighted by Gasteiger charge is 2.36. The third kappa shape index (κ3) is 2.28. The molecule has 1 aromatic carbocycles. The van der Waals surface area contributed by atoms with Crippen LogP contribution in [0.3, 0.4) is 0 Å². The predicted octanol–water partition coefficient (Wildman–Crippen LogP) is 2.18. The Labute approximate surface area is 103 Å². The van der Waals surface area contributed by atoms with E-state index in [0.717, 1.165) is 16.6 Å². The third-order valence-corrected chi connectivity index (χ3v) is 3.59. The molecule has 3 nitrogen and oxygen atoms in total. The number of carbonyl (C=O) groups is 1. The third-order valence-electron chi connectivity index (χ3n) is 3.10. The average Bonchev–Trinajstić information content (AvgIpc) is 2.60. The predicted molar refractivity (Wildman–Crippen MR) is 65.5 cm³/mol. The molecular weight excluding hydrogens is 270 g/mol. The van der Waals surface area contributed by atoms with Gasteiger partial charge in [-0.25, -0.2) is 0 Å². The van der Waals surface area contributed by atoms with E-state index in [1.165, 1.54) is 0 Å². The number of halogens is 1. The summed E-state index contributed by atoms with van der Waals surface area (Å²) in [5.74, 6) is -0.895. The molecule has 0 saturated carbocycles. The molecule has 1 aliphatic rings. The van der Waals surface area contributed by atoms with Crippen LogP contribution in [0.2, 0.25) is 0 Å². The standard InChI is InChI=1S/C12H14BrNO2/c1-14-6-10(11(7-14)12(15)16)8-3-2-4-9(13)5-8/h2-5,10-11H,6-7H2,1H3,(H,15,16)/t10-,11+/m0/s1. The van der Waals surface area contributed by atoms with Gasteiger partial charge in [-0.3, -0.25) is 4.79 Å². The molecule has 4 heteroatoms. The summed E-state index contributed by atoms with van der Waals surface area (Å²) in [5.41, 5.74) is 1.10. The molecule has 0 radical (unpaired) electrons. The Balaban J connectivity index is 2.28. The van der Waals surface area contributed by atoms with E-state index in [4.69, 9.17) is 0 Å². The minimum absolute atomic E-state index is 0.0972. The first-order valence-electron chi connectivity index (χ1n) is 5.24. The second kappa shape index (κ2) is 4.55. The van der Waals surface area contributed by atoms with E-state index in [0.29, 0.717) is 6.54 Å². The van der Waals surface area contributed by atoms with E-state index in [1.54, 1.807) is 0 Å². The Morgan fingerprint density at radius 2 is 2.25 bits per heavy atom. The first kappa shape index (κ1) is 11.6. The van der Waals surface area contributed by atoms with Gasteiger partial charge in [-0.05, 0) is 24.7 Å². The summed E-state index contributed by atoms with van der Waals surface area (Å²) in [4.78, 5) is 13.3. The molecule has 0 spiro atoms. The lowest BCUT2D eigenvalue weighted by atomic mass is 9.89. The average molecular weight is 284 g/mol. The summed E-state index contributed by atoms with van der Waals surface area (Å²) in [6.45, 7) is 1.44. The number of benzene rings is 1. The molecule has 0 unspecified atom stereocenters. The number of likely N-dealkylation sites (N-methyl/N-ethyl adjacent to an activating group) is 1. The van der Waals surface area contributed by atoms with Crippen LogP contribution in [-0.2, 0) is 4.79 Å². The van der Waals surface area contributed by atoms with Crippen LogP contribution in [-0.4, -0.2) is 36.1 Å². The molecule has 1 heterocycles. The first-order chi connectivity index (χ1) is 7.58. The summed E-state index contributed by atoms with van der Waals surface area (Å²) < 4.78 is 1.00. The van der Waals surface area contributed by atoms with Crippen LogP contribution >= 0.6 is 15.9 Å². The highest BCUT2D eigenvalue weighted by atomic mass is 79.9. The normalized spacial score (nSPS) is 25.9. The second-order valence-electron chi connectivity index (χ2n) is 4.33. The van der Waals surface area contributed by atoms with Crippen LogP contribution in [0.5, 0.6) is 0 Å². The van der Waals surface area contributed by atoms with Crippen molar-refractivity contribution in [3.63, 3.8) is 0 Å². The largest absolute Gasteiger partial charge is 0.481 e. The van der Waals surface area contributed by atoms with Crippen molar-refractivity contribution >= 4 is 21.9 Å². The van der Waals surface area contributed by atoms with Gasteiger partial charge in [0, 0.05) is 23.5 Å². The topological polar surface area (TPSA) is 40.5 Å². The SMILES string of the molecule is CN1C[C@@H](C(=O)O)[C@H](c2cccc(Br)c2)C1. The molecule has 0 bridgehead atoms. The van der Waals surface area contributed by atoms with Crippen molar-refractivity contribution in [3.05, 3.63) is 34.3 Å². The lowest BCUT2D eigenvalue weighted by molar-refractivity contribution is -0.141. The number of nitrogens with zero attached hydrogens (tertiary/aromatic N) is 1. The lowest BCUT2D eigenvalue weighted by Crippen LogP contribution is -2.21. The number of carboxylic acids is 1. The Morgan fingerprint density at radius 1 is 1.50 bits per heavy atom. The molecule has 2 atom stereocenters. The molecule has 86 valence electrons. The minimum atomic E-state index is -0.700. The van der Waals surface area contributed by atoms with E-state index < -0.39 is 5.97 Å². The molecule has 16 heavy (non-hydrogen) atoms. The summed E-state index contributed by atoms with van der Waals surface area (Å²) >= 11 is 3.42. The monoisotopic (exact) mass is 283 g/mol. The maximum atomic E-state index is 11.2. The van der Waals surface area contributed by atoms with Crippen LogP contribution in [0, 0.1) is 5.92 Å². The number of aliphatic carboxylic acids is 1. The summed E-state index contributed by atoms with van der Waals surface area (Å²) in [7, 11) is 1.97. The molecule has 1 aliphatic heterocycles. The molecule has 1 fully saturated rings. The van der Waals surface area contributed by atoms with Gasteiger partial charge in [0.25, 0.3) is 0 Å². The Bertz CT molecular complexity index is 408. The van der Waals surface area contributed by atoms with E-state index >= 15 is 0 Å². The van der Waals surface area contributed by atoms with Crippen molar-refractivity contribution in [1.29, 1.82) is 0 Å². The van der Waals surface area contributed by atoms with Gasteiger partial charge in [0.05, 0.1) is 5.92 Å². The fourth-order valence-corrected chi connectivity index (χ4v) is 2.74. The number of hydrogen-bond acceptors (Lipinski definition) is 2. The van der Waals surface area contributed by atoms with E-state index in [1.807, 2.05) is 31.3 Å². The van der Waals surface area contributed by atoms with Gasteiger partial charge in [-0.15, -0.1) is 0 Å². The van der Waals surface area contributed by atoms with Crippen molar-refractivity contribution in [3.8, 4) is 0 Å². The van der Waals surface area contributed by atoms with E-state index in [9.17, 15) is 9.90 Å². The van der Waals surface area contributed by atoms with Gasteiger partial charge in [0.2, 0.25) is 0 Å². The molecule has 1 saturated heterocycles. The fraction of sp³-hybridized carbons (Fsp3) is 0.417. The zero-order valence-corrected chi connectivity index (χ0v) is 10.6. The maximum Gasteiger partial charge on any atom is 0.308 e. The Kier molecular flexibility index (Phi) is 3.30. The van der Waals surface area contributed by atoms with Crippen LogP contribution in [0.4, 0.5) is 0 Å². The number of hydrogen-bond donors (Lipinski definition) is 1. The Morgan fingerprint density at radius 3 is 2.88 bits per heavy atom. The van der Waals surface area contributed by atoms with Crippen molar-refractivity contribution in [1.82, 2.24) is 4.90 Å². The fourth-order valence-electron chi connectivity index (χ4n) is 2.33. The molecule has 2 rings (SSSR count). The van der Waals surface area contributed by atoms with Gasteiger partial charge in [0.15, 0.2) is 0 Å². The number of likely N-dealkylation sites (tertiary alicyclic amines) is 1. The van der Waals surface area contributed by atoms with Crippen molar-refractivity contribution < 1.29 is 9.90 Å². The number of rotatable bonds is 2. The van der Waals surface area contributed by atoms with Gasteiger partial charge >= 0.3 is 5.97 Å². The van der Waals surface area contributed by atoms with Gasteiger partial charge < -0.3 is 10.0 Å². The highest BCUT2D eigenvalue weighted by Crippen LogP contribution is 2.33. The summed E-state index contributed by atoms with van der Waals surface area (Å²) in [6, 6.07) is 7.93. The number of carboxylic acid groups (broad SMARTS) is 1. The Hall–Kier alpha value is -0.870. The second-order valence-corrected chi connectivity index (χ2v) is 5.24. The lowest BCUT2D eigenvalue weighted by Gasteiger charge is -2.15. The zero-order chi connectivity index (χ0) is 11.7. The van der Waals surface area contributed by atoms with Crippen molar-refractivity contribution in [2.75, 3.05) is 20.1 Å². The summed E-state index contributed by atoms with van der Waals surface area (Å²) in [5, 5.41) is 9.19. The quantitative estimate of drug-likeness (QED) is 0.905. The molecule has 1 N–H and O–H groups in total. The molecule has 0 aromatic heterocycles. The van der Waals surface area contributed by atoms with Gasteiger partial charge in [-0.1, -0.05) is 28.1 Å². The zero-order valence-electron chi connectivity index (χ0n) is 9.06. The maximum absolute atomic E-state index is 11.2. The molecule has 0 aliphatic carbocycles. The van der Waals surface area contributed by atoms with Gasteiger partial charge in [0.1, 0.15) is 0 Å². The molecular formula is C12H14BrNO2. The van der Waals surface area contributed by atoms with Crippen molar-refractivity contribution in [2.24, 2.45) is 5.92 Å². The van der Waals surface area contributed by atoms with Crippen LogP contribution in [0.25, 0.3) is 0 Å². The highest BCUT2D eigenvalue weighted by molar-refractivity contribution is 9.10. The molecule has 0 amide bonds. The minimum Gasteiger partial charge on any atom is -0.481 e. The smallest absolute Gasteiger partial charge is 0.308 e. The van der Waals surface area contributed by atoms with Crippen LogP contribution in [0.15, 0.2) is 28.7 Å². The van der Waals surface area contributed by atoms with Crippen molar-refractivity contribution in [2.45, 2.75) is 5.92 Å². The van der Waals surface area contributed by atoms with E-state index in [-0.39, 0.29) is 11.8 Å². The van der Waals surface area contributed by atoms with E-state index in [2.05, 4.69) is 20.8 Å². The summed E-state index contributed by atoms with van der Waals surface area (Å²) in [6.07, 6.45) is 0. The van der Waals surface area contributed by atoms with Gasteiger partial charge in [-0.2, -0.15) is 0 Å². The molecule has 1 aromatic rings. The first-order valence-corrected chi connectivity index (χ1v) is 6.04. The van der Waals surface area contributed by atoms with Crippen LogP contribution < -0.4 is 0 Å².